The van der Waals surface area contributed by atoms with Crippen molar-refractivity contribution < 1.29 is 39.8 Å². The lowest BCUT2D eigenvalue weighted by Gasteiger charge is -2.40. The first-order chi connectivity index (χ1) is 37.8. The minimum absolute atomic E-state index is 0.187. The molecule has 9 nitrogen and oxygen atoms in total. The lowest BCUT2D eigenvalue weighted by molar-refractivity contribution is -0.302. The van der Waals surface area contributed by atoms with Crippen molar-refractivity contribution in [2.45, 2.75) is 352 Å². The van der Waals surface area contributed by atoms with Crippen LogP contribution in [0.25, 0.3) is 0 Å². The van der Waals surface area contributed by atoms with Crippen molar-refractivity contribution >= 4 is 5.91 Å². The van der Waals surface area contributed by atoms with E-state index in [1.165, 1.54) is 238 Å². The molecule has 0 aromatic heterocycles. The highest BCUT2D eigenvalue weighted by atomic mass is 16.7. The smallest absolute Gasteiger partial charge is 0.220 e. The first-order valence-electron chi connectivity index (χ1n) is 33.0. The summed E-state index contributed by atoms with van der Waals surface area (Å²) >= 11 is 0. The van der Waals surface area contributed by atoms with Crippen LogP contribution in [0.4, 0.5) is 0 Å². The second-order valence-corrected chi connectivity index (χ2v) is 22.9. The number of unbranched alkanes of at least 4 members (excludes halogenated alkanes) is 39. The van der Waals surface area contributed by atoms with Gasteiger partial charge < -0.3 is 40.3 Å². The highest BCUT2D eigenvalue weighted by molar-refractivity contribution is 5.76. The molecule has 1 aliphatic heterocycles. The van der Waals surface area contributed by atoms with Gasteiger partial charge in [0.05, 0.1) is 25.4 Å². The zero-order valence-electron chi connectivity index (χ0n) is 50.2. The Morgan fingerprint density at radius 3 is 1.17 bits per heavy atom. The van der Waals surface area contributed by atoms with E-state index in [2.05, 4.69) is 67.8 Å². The van der Waals surface area contributed by atoms with Gasteiger partial charge in [0.2, 0.25) is 5.91 Å². The van der Waals surface area contributed by atoms with Crippen molar-refractivity contribution in [1.29, 1.82) is 0 Å². The van der Waals surface area contributed by atoms with E-state index in [9.17, 15) is 30.3 Å². The number of rotatable bonds is 57. The molecule has 77 heavy (non-hydrogen) atoms. The van der Waals surface area contributed by atoms with Gasteiger partial charge in [-0.1, -0.05) is 286 Å². The number of amides is 1. The van der Waals surface area contributed by atoms with Crippen LogP contribution in [-0.2, 0) is 14.3 Å². The van der Waals surface area contributed by atoms with Gasteiger partial charge in [-0.05, 0) is 77.0 Å². The predicted octanol–water partition coefficient (Wildman–Crippen LogP) is 17.4. The van der Waals surface area contributed by atoms with Gasteiger partial charge >= 0.3 is 0 Å². The normalized spacial score (nSPS) is 19.1. The number of ether oxygens (including phenoxy) is 2. The number of carbonyl (C=O) groups excluding carboxylic acids is 1. The highest BCUT2D eigenvalue weighted by Gasteiger charge is 2.44. The van der Waals surface area contributed by atoms with Crippen LogP contribution in [0.2, 0.25) is 0 Å². The second-order valence-electron chi connectivity index (χ2n) is 22.9. The van der Waals surface area contributed by atoms with Crippen molar-refractivity contribution in [3.05, 3.63) is 60.8 Å². The summed E-state index contributed by atoms with van der Waals surface area (Å²) in [5.41, 5.74) is 0. The molecule has 1 fully saturated rings. The summed E-state index contributed by atoms with van der Waals surface area (Å²) in [4.78, 5) is 13.1. The van der Waals surface area contributed by atoms with E-state index < -0.39 is 49.5 Å². The van der Waals surface area contributed by atoms with Crippen LogP contribution in [-0.4, -0.2) is 87.5 Å². The van der Waals surface area contributed by atoms with Crippen LogP contribution in [0.5, 0.6) is 0 Å². The van der Waals surface area contributed by atoms with Gasteiger partial charge in [-0.15, -0.1) is 0 Å². The minimum Gasteiger partial charge on any atom is -0.394 e. The number of hydrogen-bond acceptors (Lipinski definition) is 8. The van der Waals surface area contributed by atoms with Crippen molar-refractivity contribution in [3.8, 4) is 0 Å². The first-order valence-corrected chi connectivity index (χ1v) is 33.0. The van der Waals surface area contributed by atoms with E-state index in [1.807, 2.05) is 6.08 Å². The third-order valence-electron chi connectivity index (χ3n) is 15.5. The van der Waals surface area contributed by atoms with Gasteiger partial charge in [-0.3, -0.25) is 4.79 Å². The van der Waals surface area contributed by atoms with Gasteiger partial charge in [0, 0.05) is 6.42 Å². The largest absolute Gasteiger partial charge is 0.394 e. The summed E-state index contributed by atoms with van der Waals surface area (Å²) in [6.45, 7) is 3.78. The molecular formula is C68H125NO8. The fraction of sp³-hybridized carbons (Fsp3) is 0.838. The summed E-state index contributed by atoms with van der Waals surface area (Å²) in [5, 5.41) is 54.6. The maximum absolute atomic E-state index is 13.1. The Hall–Kier alpha value is -2.11. The Labute approximate surface area is 475 Å². The first kappa shape index (κ1) is 72.9. The molecule has 7 atom stereocenters. The summed E-state index contributed by atoms with van der Waals surface area (Å²) in [6, 6.07) is -0.829. The number of carbonyl (C=O) groups is 1. The molecule has 0 aromatic carbocycles. The van der Waals surface area contributed by atoms with Crippen LogP contribution in [0.1, 0.15) is 309 Å². The Morgan fingerprint density at radius 1 is 0.442 bits per heavy atom. The Kier molecular flexibility index (Phi) is 54.1. The van der Waals surface area contributed by atoms with Gasteiger partial charge in [-0.25, -0.2) is 0 Å². The minimum atomic E-state index is -1.58. The van der Waals surface area contributed by atoms with Crippen LogP contribution in [0.15, 0.2) is 60.8 Å². The van der Waals surface area contributed by atoms with Gasteiger partial charge in [0.25, 0.3) is 0 Å². The van der Waals surface area contributed by atoms with Crippen LogP contribution in [0.3, 0.4) is 0 Å². The van der Waals surface area contributed by atoms with E-state index in [4.69, 9.17) is 9.47 Å². The third kappa shape index (κ3) is 46.2. The van der Waals surface area contributed by atoms with Crippen LogP contribution < -0.4 is 5.32 Å². The quantitative estimate of drug-likeness (QED) is 0.0261. The van der Waals surface area contributed by atoms with Gasteiger partial charge in [0.15, 0.2) is 6.29 Å². The Balaban J connectivity index is 2.15. The van der Waals surface area contributed by atoms with E-state index in [1.54, 1.807) is 6.08 Å². The summed E-state index contributed by atoms with van der Waals surface area (Å²) in [5.74, 6) is -0.187. The van der Waals surface area contributed by atoms with Crippen LogP contribution >= 0.6 is 0 Å². The van der Waals surface area contributed by atoms with Gasteiger partial charge in [0.1, 0.15) is 24.4 Å². The van der Waals surface area contributed by atoms with Gasteiger partial charge in [-0.2, -0.15) is 0 Å². The van der Waals surface area contributed by atoms with Crippen molar-refractivity contribution in [2.24, 2.45) is 0 Å². The molecule has 6 N–H and O–H groups in total. The van der Waals surface area contributed by atoms with E-state index in [0.717, 1.165) is 51.4 Å². The third-order valence-corrected chi connectivity index (χ3v) is 15.5. The molecule has 1 rings (SSSR count). The number of allylic oxidation sites excluding steroid dienone is 9. The molecule has 1 aliphatic rings. The Bertz CT molecular complexity index is 1400. The molecule has 0 radical (unpaired) electrons. The summed E-state index contributed by atoms with van der Waals surface area (Å²) in [7, 11) is 0. The molecule has 7 unspecified atom stereocenters. The maximum Gasteiger partial charge on any atom is 0.220 e. The van der Waals surface area contributed by atoms with E-state index in [0.29, 0.717) is 6.42 Å². The number of aliphatic hydroxyl groups excluding tert-OH is 5. The second kappa shape index (κ2) is 57.1. The Morgan fingerprint density at radius 2 is 0.779 bits per heavy atom. The topological polar surface area (TPSA) is 149 Å². The average molecular weight is 1080 g/mol. The molecule has 0 aromatic rings. The molecule has 1 saturated heterocycles. The maximum atomic E-state index is 13.1. The molecule has 1 amide bonds. The van der Waals surface area contributed by atoms with E-state index in [-0.39, 0.29) is 12.5 Å². The zero-order valence-corrected chi connectivity index (χ0v) is 50.2. The van der Waals surface area contributed by atoms with E-state index >= 15 is 0 Å². The molecule has 1 heterocycles. The standard InChI is InChI=1S/C68H125NO8/c1-3-5-7-9-11-13-15-17-19-21-23-25-26-27-28-29-30-31-32-33-34-35-36-38-40-42-44-46-48-50-52-54-56-58-64(72)69-61(60-76-68-67(75)66(74)65(73)63(59-70)77-68)62(71)57-55-53-51-49-47-45-43-41-39-37-24-22-20-18-16-14-12-10-8-6-4-2/h15,17,21,23,39,41,47,49,55,57,61-63,65-68,70-71,73-75H,3-14,16,18-20,22,24-38,40,42-46,48,50-54,56,58-60H2,1-2H3,(H,69,72)/b17-15-,23-21-,41-39+,49-47+,57-55+. The molecular weight excluding hydrogens is 959 g/mol. The summed E-state index contributed by atoms with van der Waals surface area (Å²) in [6.07, 6.45) is 71.7. The lowest BCUT2D eigenvalue weighted by atomic mass is 9.99. The SMILES string of the molecule is CCCCCCC/C=C\C/C=C\CCCCCCCCCCCCCCCCCCCCCCCC(=O)NC(COC1OC(CO)C(O)C(O)C1O)C(O)/C=C/CC/C=C/CC/C=C/CCCCCCCCCCCCC. The fourth-order valence-corrected chi connectivity index (χ4v) is 10.3. The molecule has 0 bridgehead atoms. The molecule has 0 saturated carbocycles. The molecule has 0 spiro atoms. The predicted molar refractivity (Wildman–Crippen MR) is 327 cm³/mol. The van der Waals surface area contributed by atoms with Crippen LogP contribution in [0, 0.1) is 0 Å². The number of hydrogen-bond donors (Lipinski definition) is 6. The van der Waals surface area contributed by atoms with Crippen molar-refractivity contribution in [2.75, 3.05) is 13.2 Å². The molecule has 450 valence electrons. The lowest BCUT2D eigenvalue weighted by Crippen LogP contribution is -2.60. The summed E-state index contributed by atoms with van der Waals surface area (Å²) < 4.78 is 11.3. The monoisotopic (exact) mass is 1080 g/mol. The molecule has 0 aliphatic carbocycles. The number of aliphatic hydroxyl groups is 5. The average Bonchev–Trinajstić information content (AvgIpc) is 3.43. The molecule has 9 heteroatoms. The van der Waals surface area contributed by atoms with Crippen molar-refractivity contribution in [1.82, 2.24) is 5.32 Å². The highest BCUT2D eigenvalue weighted by Crippen LogP contribution is 2.23. The zero-order chi connectivity index (χ0) is 55.8. The number of nitrogens with one attached hydrogen (secondary N) is 1. The fourth-order valence-electron chi connectivity index (χ4n) is 10.3. The van der Waals surface area contributed by atoms with Crippen molar-refractivity contribution in [3.63, 3.8) is 0 Å².